The van der Waals surface area contributed by atoms with Gasteiger partial charge in [-0.15, -0.1) is 11.3 Å². The lowest BCUT2D eigenvalue weighted by Crippen LogP contribution is -2.11. The first-order valence-corrected chi connectivity index (χ1v) is 7.88. The number of thiophene rings is 1. The van der Waals surface area contributed by atoms with Crippen molar-refractivity contribution in [1.82, 2.24) is 9.97 Å². The molecule has 0 aliphatic heterocycles. The molecule has 2 aromatic heterocycles. The summed E-state index contributed by atoms with van der Waals surface area (Å²) in [4.78, 5) is 10.8. The Kier molecular flexibility index (Phi) is 3.73. The standard InChI is InChI=1S/C11H15N3OS2/c1-7-8(2)16-11-9(7)10(13-6-14-11)12-4-5-17(3)15/h6H,4-5H2,1-3H3,(H,12,13,14). The molecule has 0 radical (unpaired) electrons. The number of rotatable bonds is 4. The van der Waals surface area contributed by atoms with Gasteiger partial charge >= 0.3 is 0 Å². The topological polar surface area (TPSA) is 54.9 Å². The quantitative estimate of drug-likeness (QED) is 0.923. The molecular weight excluding hydrogens is 254 g/mol. The van der Waals surface area contributed by atoms with Gasteiger partial charge in [0.1, 0.15) is 17.0 Å². The number of fused-ring (bicyclic) bond motifs is 1. The number of nitrogens with one attached hydrogen (secondary N) is 1. The molecule has 0 aliphatic carbocycles. The molecule has 1 unspecified atom stereocenters. The van der Waals surface area contributed by atoms with Crippen molar-refractivity contribution >= 4 is 38.2 Å². The maximum absolute atomic E-state index is 11.0. The van der Waals surface area contributed by atoms with Crippen LogP contribution in [0.2, 0.25) is 0 Å². The molecule has 2 heterocycles. The minimum Gasteiger partial charge on any atom is -0.368 e. The fraction of sp³-hybridized carbons (Fsp3) is 0.455. The number of anilines is 1. The maximum atomic E-state index is 11.0. The van der Waals surface area contributed by atoms with Crippen molar-refractivity contribution in [2.45, 2.75) is 13.8 Å². The molecule has 0 saturated carbocycles. The molecule has 4 nitrogen and oxygen atoms in total. The van der Waals surface area contributed by atoms with Crippen molar-refractivity contribution in [2.24, 2.45) is 0 Å². The van der Waals surface area contributed by atoms with E-state index in [9.17, 15) is 4.21 Å². The first kappa shape index (κ1) is 12.4. The van der Waals surface area contributed by atoms with E-state index in [4.69, 9.17) is 0 Å². The molecule has 0 spiro atoms. The van der Waals surface area contributed by atoms with Crippen LogP contribution in [-0.2, 0) is 10.8 Å². The van der Waals surface area contributed by atoms with Gasteiger partial charge in [0, 0.05) is 34.2 Å². The van der Waals surface area contributed by atoms with Gasteiger partial charge in [-0.25, -0.2) is 9.97 Å². The van der Waals surface area contributed by atoms with Crippen molar-refractivity contribution in [3.63, 3.8) is 0 Å². The average Bonchev–Trinajstić information content (AvgIpc) is 2.55. The number of hydrogen-bond acceptors (Lipinski definition) is 5. The second-order valence-corrected chi connectivity index (χ2v) is 6.65. The molecule has 6 heteroatoms. The van der Waals surface area contributed by atoms with E-state index in [1.807, 2.05) is 0 Å². The molecular formula is C11H15N3OS2. The lowest BCUT2D eigenvalue weighted by atomic mass is 10.2. The fourth-order valence-corrected chi connectivity index (χ4v) is 3.02. The van der Waals surface area contributed by atoms with Gasteiger partial charge in [0.15, 0.2) is 0 Å². The summed E-state index contributed by atoms with van der Waals surface area (Å²) in [5.74, 6) is 1.48. The van der Waals surface area contributed by atoms with E-state index in [-0.39, 0.29) is 0 Å². The lowest BCUT2D eigenvalue weighted by Gasteiger charge is -2.05. The normalized spacial score (nSPS) is 12.9. The Morgan fingerprint density at radius 3 is 2.88 bits per heavy atom. The molecule has 17 heavy (non-hydrogen) atoms. The van der Waals surface area contributed by atoms with E-state index >= 15 is 0 Å². The zero-order chi connectivity index (χ0) is 12.4. The van der Waals surface area contributed by atoms with Crippen molar-refractivity contribution in [3.8, 4) is 0 Å². The molecule has 1 atom stereocenters. The van der Waals surface area contributed by atoms with E-state index in [0.29, 0.717) is 12.3 Å². The summed E-state index contributed by atoms with van der Waals surface area (Å²) in [5.41, 5.74) is 1.23. The Hall–Kier alpha value is -1.01. The zero-order valence-corrected chi connectivity index (χ0v) is 11.7. The summed E-state index contributed by atoms with van der Waals surface area (Å²) in [6.07, 6.45) is 3.28. The second kappa shape index (κ2) is 5.10. The lowest BCUT2D eigenvalue weighted by molar-refractivity contribution is 0.687. The highest BCUT2D eigenvalue weighted by molar-refractivity contribution is 7.84. The fourth-order valence-electron chi connectivity index (χ4n) is 1.63. The number of nitrogens with zero attached hydrogens (tertiary/aromatic N) is 2. The molecule has 92 valence electrons. The van der Waals surface area contributed by atoms with Crippen molar-refractivity contribution < 1.29 is 4.21 Å². The summed E-state index contributed by atoms with van der Waals surface area (Å²) in [7, 11) is -0.776. The summed E-state index contributed by atoms with van der Waals surface area (Å²) in [6, 6.07) is 0. The van der Waals surface area contributed by atoms with E-state index in [2.05, 4.69) is 29.1 Å². The predicted molar refractivity (Wildman–Crippen MR) is 74.3 cm³/mol. The molecule has 0 amide bonds. The molecule has 0 bridgehead atoms. The number of aromatic nitrogens is 2. The van der Waals surface area contributed by atoms with E-state index in [1.165, 1.54) is 10.4 Å². The number of aryl methyl sites for hydroxylation is 2. The van der Waals surface area contributed by atoms with Crippen LogP contribution in [0.5, 0.6) is 0 Å². The van der Waals surface area contributed by atoms with Crippen molar-refractivity contribution in [3.05, 3.63) is 16.8 Å². The predicted octanol–water partition coefficient (Wildman–Crippen LogP) is 2.10. The van der Waals surface area contributed by atoms with Crippen LogP contribution >= 0.6 is 11.3 Å². The maximum Gasteiger partial charge on any atom is 0.138 e. The Morgan fingerprint density at radius 1 is 1.41 bits per heavy atom. The highest BCUT2D eigenvalue weighted by Gasteiger charge is 2.11. The first-order valence-electron chi connectivity index (χ1n) is 5.34. The van der Waals surface area contributed by atoms with Gasteiger partial charge < -0.3 is 5.32 Å². The summed E-state index contributed by atoms with van der Waals surface area (Å²) < 4.78 is 11.0. The highest BCUT2D eigenvalue weighted by Crippen LogP contribution is 2.32. The number of hydrogen-bond donors (Lipinski definition) is 1. The highest BCUT2D eigenvalue weighted by atomic mass is 32.2. The molecule has 0 aliphatic rings. The minimum atomic E-state index is -0.776. The molecule has 0 saturated heterocycles. The van der Waals surface area contributed by atoms with Crippen LogP contribution in [0.1, 0.15) is 10.4 Å². The Balaban J connectivity index is 2.30. The van der Waals surface area contributed by atoms with E-state index in [0.717, 1.165) is 16.0 Å². The largest absolute Gasteiger partial charge is 0.368 e. The van der Waals surface area contributed by atoms with Crippen molar-refractivity contribution in [2.75, 3.05) is 23.9 Å². The Labute approximate surface area is 107 Å². The van der Waals surface area contributed by atoms with Gasteiger partial charge in [0.2, 0.25) is 0 Å². The van der Waals surface area contributed by atoms with E-state index in [1.54, 1.807) is 23.9 Å². The monoisotopic (exact) mass is 269 g/mol. The van der Waals surface area contributed by atoms with Crippen LogP contribution in [0.3, 0.4) is 0 Å². The van der Waals surface area contributed by atoms with Crippen LogP contribution in [0.25, 0.3) is 10.2 Å². The Morgan fingerprint density at radius 2 is 2.18 bits per heavy atom. The van der Waals surface area contributed by atoms with E-state index < -0.39 is 10.8 Å². The van der Waals surface area contributed by atoms with Gasteiger partial charge in [0.05, 0.1) is 5.39 Å². The summed E-state index contributed by atoms with van der Waals surface area (Å²) in [5, 5.41) is 4.33. The van der Waals surface area contributed by atoms with Gasteiger partial charge in [-0.05, 0) is 19.4 Å². The van der Waals surface area contributed by atoms with Gasteiger partial charge in [-0.3, -0.25) is 4.21 Å². The molecule has 2 rings (SSSR count). The zero-order valence-electron chi connectivity index (χ0n) is 10.1. The van der Waals surface area contributed by atoms with Gasteiger partial charge in [0.25, 0.3) is 0 Å². The first-order chi connectivity index (χ1) is 8.09. The second-order valence-electron chi connectivity index (χ2n) is 3.89. The molecule has 2 aromatic rings. The third-order valence-electron chi connectivity index (χ3n) is 2.65. The Bertz CT molecular complexity index is 565. The average molecular weight is 269 g/mol. The smallest absolute Gasteiger partial charge is 0.138 e. The SMILES string of the molecule is Cc1sc2ncnc(NCCS(C)=O)c2c1C. The molecule has 0 aromatic carbocycles. The molecule has 1 N–H and O–H groups in total. The van der Waals surface area contributed by atoms with Crippen molar-refractivity contribution in [1.29, 1.82) is 0 Å². The summed E-state index contributed by atoms with van der Waals surface area (Å²) >= 11 is 1.68. The van der Waals surface area contributed by atoms with Crippen LogP contribution < -0.4 is 5.32 Å². The van der Waals surface area contributed by atoms with Crippen LogP contribution in [0.15, 0.2) is 6.33 Å². The third kappa shape index (κ3) is 2.63. The van der Waals surface area contributed by atoms with Gasteiger partial charge in [-0.2, -0.15) is 0 Å². The third-order valence-corrected chi connectivity index (χ3v) is 4.54. The van der Waals surface area contributed by atoms with Crippen LogP contribution in [-0.4, -0.2) is 32.7 Å². The van der Waals surface area contributed by atoms with Crippen LogP contribution in [0.4, 0.5) is 5.82 Å². The minimum absolute atomic E-state index is 0.633. The van der Waals surface area contributed by atoms with Gasteiger partial charge in [-0.1, -0.05) is 0 Å². The summed E-state index contributed by atoms with van der Waals surface area (Å²) in [6.45, 7) is 4.84. The molecule has 0 fully saturated rings. The van der Waals surface area contributed by atoms with Crippen LogP contribution in [0, 0.1) is 13.8 Å².